The van der Waals surface area contributed by atoms with Gasteiger partial charge in [-0.25, -0.2) is 4.98 Å². The van der Waals surface area contributed by atoms with Crippen molar-refractivity contribution in [3.05, 3.63) is 48.5 Å². The first kappa shape index (κ1) is 20.8. The molecule has 1 fully saturated rings. The minimum absolute atomic E-state index is 0.131. The van der Waals surface area contributed by atoms with Gasteiger partial charge in [0.25, 0.3) is 5.91 Å². The Kier molecular flexibility index (Phi) is 6.40. The standard InChI is InChI=1S/C24H27N3O4/c1-29-19-13-18(14-20(15-19)30-2)25-23(28)16-31-21-8-6-7-17-9-10-22(26-24(17)21)27-11-4-3-5-12-27/h6-10,13-15H,3-5,11-12,16H2,1-2H3,(H,25,28). The molecule has 31 heavy (non-hydrogen) atoms. The number of anilines is 2. The zero-order valence-electron chi connectivity index (χ0n) is 17.9. The number of hydrogen-bond acceptors (Lipinski definition) is 6. The maximum Gasteiger partial charge on any atom is 0.262 e. The summed E-state index contributed by atoms with van der Waals surface area (Å²) in [5.41, 5.74) is 1.34. The number of carbonyl (C=O) groups excluding carboxylic acids is 1. The minimum atomic E-state index is -0.278. The number of benzene rings is 2. The number of nitrogens with zero attached hydrogens (tertiary/aromatic N) is 2. The van der Waals surface area contributed by atoms with Gasteiger partial charge in [0.15, 0.2) is 6.61 Å². The second-order valence-electron chi connectivity index (χ2n) is 7.48. The molecule has 1 aromatic heterocycles. The van der Waals surface area contributed by atoms with Crippen molar-refractivity contribution in [2.24, 2.45) is 0 Å². The fourth-order valence-corrected chi connectivity index (χ4v) is 3.75. The van der Waals surface area contributed by atoms with Gasteiger partial charge in [0.2, 0.25) is 0 Å². The molecule has 0 atom stereocenters. The van der Waals surface area contributed by atoms with E-state index in [0.717, 1.165) is 29.8 Å². The SMILES string of the molecule is COc1cc(NC(=O)COc2cccc3ccc(N4CCCCC4)nc23)cc(OC)c1. The number of rotatable bonds is 7. The molecule has 162 valence electrons. The van der Waals surface area contributed by atoms with Crippen molar-refractivity contribution in [2.75, 3.05) is 44.1 Å². The Morgan fingerprint density at radius 1 is 1.00 bits per heavy atom. The van der Waals surface area contributed by atoms with Gasteiger partial charge in [-0.3, -0.25) is 4.79 Å². The Labute approximate surface area is 181 Å². The lowest BCUT2D eigenvalue weighted by atomic mass is 10.1. The summed E-state index contributed by atoms with van der Waals surface area (Å²) in [5, 5.41) is 3.80. The van der Waals surface area contributed by atoms with E-state index in [1.54, 1.807) is 32.4 Å². The Bertz CT molecular complexity index is 1040. The van der Waals surface area contributed by atoms with E-state index in [1.807, 2.05) is 18.2 Å². The van der Waals surface area contributed by atoms with Crippen LogP contribution < -0.4 is 24.4 Å². The van der Waals surface area contributed by atoms with Gasteiger partial charge in [0.1, 0.15) is 28.6 Å². The zero-order valence-corrected chi connectivity index (χ0v) is 17.9. The van der Waals surface area contributed by atoms with Crippen molar-refractivity contribution in [3.63, 3.8) is 0 Å². The molecule has 1 amide bonds. The van der Waals surface area contributed by atoms with Crippen LogP contribution >= 0.6 is 0 Å². The highest BCUT2D eigenvalue weighted by Gasteiger charge is 2.14. The van der Waals surface area contributed by atoms with Crippen LogP contribution in [0.25, 0.3) is 10.9 Å². The zero-order chi connectivity index (χ0) is 21.6. The molecule has 0 bridgehead atoms. The lowest BCUT2D eigenvalue weighted by Gasteiger charge is -2.28. The second-order valence-corrected chi connectivity index (χ2v) is 7.48. The van der Waals surface area contributed by atoms with Gasteiger partial charge in [0.05, 0.1) is 14.2 Å². The fourth-order valence-electron chi connectivity index (χ4n) is 3.75. The third kappa shape index (κ3) is 4.99. The Hall–Kier alpha value is -3.48. The molecule has 1 saturated heterocycles. The van der Waals surface area contributed by atoms with Gasteiger partial charge in [-0.2, -0.15) is 0 Å². The summed E-state index contributed by atoms with van der Waals surface area (Å²) in [7, 11) is 3.13. The number of ether oxygens (including phenoxy) is 3. The number of para-hydroxylation sites is 1. The highest BCUT2D eigenvalue weighted by atomic mass is 16.5. The van der Waals surface area contributed by atoms with Crippen molar-refractivity contribution < 1.29 is 19.0 Å². The molecule has 0 spiro atoms. The van der Waals surface area contributed by atoms with E-state index in [0.29, 0.717) is 22.9 Å². The molecule has 2 aromatic carbocycles. The highest BCUT2D eigenvalue weighted by molar-refractivity contribution is 5.93. The maximum atomic E-state index is 12.5. The van der Waals surface area contributed by atoms with Gasteiger partial charge >= 0.3 is 0 Å². The van der Waals surface area contributed by atoms with E-state index < -0.39 is 0 Å². The molecule has 0 unspecified atom stereocenters. The van der Waals surface area contributed by atoms with Crippen molar-refractivity contribution >= 4 is 28.3 Å². The molecule has 2 heterocycles. The molecular weight excluding hydrogens is 394 g/mol. The first-order valence-corrected chi connectivity index (χ1v) is 10.5. The van der Waals surface area contributed by atoms with Crippen molar-refractivity contribution in [1.82, 2.24) is 4.98 Å². The summed E-state index contributed by atoms with van der Waals surface area (Å²) in [6.45, 7) is 1.91. The average Bonchev–Trinajstić information content (AvgIpc) is 2.82. The molecule has 1 aliphatic rings. The number of methoxy groups -OCH3 is 2. The van der Waals surface area contributed by atoms with Crippen LogP contribution in [0.2, 0.25) is 0 Å². The second kappa shape index (κ2) is 9.55. The van der Waals surface area contributed by atoms with Crippen molar-refractivity contribution in [1.29, 1.82) is 0 Å². The van der Waals surface area contributed by atoms with Crippen molar-refractivity contribution in [3.8, 4) is 17.2 Å². The van der Waals surface area contributed by atoms with E-state index in [4.69, 9.17) is 19.2 Å². The predicted molar refractivity (Wildman–Crippen MR) is 121 cm³/mol. The molecule has 4 rings (SSSR count). The van der Waals surface area contributed by atoms with Crippen LogP contribution in [0, 0.1) is 0 Å². The van der Waals surface area contributed by atoms with Crippen LogP contribution in [0.5, 0.6) is 17.2 Å². The molecule has 3 aromatic rings. The summed E-state index contributed by atoms with van der Waals surface area (Å²) in [6.07, 6.45) is 3.65. The molecule has 1 N–H and O–H groups in total. The number of carbonyl (C=O) groups is 1. The van der Waals surface area contributed by atoms with Gasteiger partial charge in [-0.15, -0.1) is 0 Å². The Morgan fingerprint density at radius 3 is 2.45 bits per heavy atom. The molecule has 7 nitrogen and oxygen atoms in total. The van der Waals surface area contributed by atoms with E-state index in [-0.39, 0.29) is 12.5 Å². The lowest BCUT2D eigenvalue weighted by molar-refractivity contribution is -0.118. The predicted octanol–water partition coefficient (Wildman–Crippen LogP) is 4.26. The number of fused-ring (bicyclic) bond motifs is 1. The number of nitrogens with one attached hydrogen (secondary N) is 1. The Balaban J connectivity index is 1.47. The van der Waals surface area contributed by atoms with Gasteiger partial charge in [-0.1, -0.05) is 12.1 Å². The number of pyridine rings is 1. The Morgan fingerprint density at radius 2 is 1.74 bits per heavy atom. The quantitative estimate of drug-likeness (QED) is 0.615. The van der Waals surface area contributed by atoms with Crippen LogP contribution in [0.3, 0.4) is 0 Å². The van der Waals surface area contributed by atoms with Crippen LogP contribution in [0.1, 0.15) is 19.3 Å². The van der Waals surface area contributed by atoms with E-state index in [9.17, 15) is 4.79 Å². The lowest BCUT2D eigenvalue weighted by Crippen LogP contribution is -2.30. The molecule has 0 radical (unpaired) electrons. The van der Waals surface area contributed by atoms with E-state index in [2.05, 4.69) is 22.3 Å². The molecule has 7 heteroatoms. The summed E-state index contributed by atoms with van der Waals surface area (Å²) < 4.78 is 16.3. The fraction of sp³-hybridized carbons (Fsp3) is 0.333. The molecule has 1 aliphatic heterocycles. The van der Waals surface area contributed by atoms with E-state index in [1.165, 1.54) is 19.3 Å². The number of amides is 1. The van der Waals surface area contributed by atoms with Gasteiger partial charge < -0.3 is 24.4 Å². The molecule has 0 aliphatic carbocycles. The highest BCUT2D eigenvalue weighted by Crippen LogP contribution is 2.28. The normalized spacial score (nSPS) is 13.7. The van der Waals surface area contributed by atoms with Gasteiger partial charge in [0, 0.05) is 42.4 Å². The summed E-state index contributed by atoms with van der Waals surface area (Å²) in [6, 6.07) is 15.1. The maximum absolute atomic E-state index is 12.5. The summed E-state index contributed by atoms with van der Waals surface area (Å²) >= 11 is 0. The first-order valence-electron chi connectivity index (χ1n) is 10.5. The van der Waals surface area contributed by atoms with Crippen LogP contribution in [-0.4, -0.2) is 44.8 Å². The summed E-state index contributed by atoms with van der Waals surface area (Å²) in [4.78, 5) is 19.6. The molecule has 0 saturated carbocycles. The van der Waals surface area contributed by atoms with Gasteiger partial charge in [-0.05, 0) is 37.5 Å². The largest absolute Gasteiger partial charge is 0.497 e. The average molecular weight is 421 g/mol. The van der Waals surface area contributed by atoms with E-state index >= 15 is 0 Å². The van der Waals surface area contributed by atoms with Crippen LogP contribution in [0.4, 0.5) is 11.5 Å². The molecular formula is C24H27N3O4. The summed E-state index contributed by atoms with van der Waals surface area (Å²) in [5.74, 6) is 2.46. The monoisotopic (exact) mass is 421 g/mol. The third-order valence-corrected chi connectivity index (χ3v) is 5.34. The minimum Gasteiger partial charge on any atom is -0.497 e. The number of hydrogen-bond donors (Lipinski definition) is 1. The topological polar surface area (TPSA) is 72.9 Å². The number of piperidine rings is 1. The number of aromatic nitrogens is 1. The van der Waals surface area contributed by atoms with Crippen LogP contribution in [-0.2, 0) is 4.79 Å². The van der Waals surface area contributed by atoms with Crippen LogP contribution in [0.15, 0.2) is 48.5 Å². The first-order chi connectivity index (χ1) is 15.2. The van der Waals surface area contributed by atoms with Crippen molar-refractivity contribution in [2.45, 2.75) is 19.3 Å². The third-order valence-electron chi connectivity index (χ3n) is 5.34. The smallest absolute Gasteiger partial charge is 0.262 e.